The number of nitrogens with one attached hydrogen (secondary N) is 1. The molecule has 0 heterocycles. The van der Waals surface area contributed by atoms with Crippen molar-refractivity contribution < 1.29 is 4.39 Å². The lowest BCUT2D eigenvalue weighted by Gasteiger charge is -2.27. The molecule has 0 fully saturated rings. The van der Waals surface area contributed by atoms with Gasteiger partial charge in [-0.15, -0.1) is 0 Å². The smallest absolute Gasteiger partial charge is 0.127 e. The Morgan fingerprint density at radius 1 is 1.29 bits per heavy atom. The van der Waals surface area contributed by atoms with Gasteiger partial charge in [0.25, 0.3) is 0 Å². The van der Waals surface area contributed by atoms with Gasteiger partial charge in [0, 0.05) is 10.5 Å². The Labute approximate surface area is 112 Å². The number of halogens is 2. The number of hydrogen-bond acceptors (Lipinski definition) is 1. The monoisotopic (exact) mass is 301 g/mol. The van der Waals surface area contributed by atoms with Gasteiger partial charge in [0.2, 0.25) is 0 Å². The molecule has 0 aliphatic rings. The molecule has 1 aromatic carbocycles. The van der Waals surface area contributed by atoms with Crippen molar-refractivity contribution in [3.05, 3.63) is 34.1 Å². The highest BCUT2D eigenvalue weighted by Crippen LogP contribution is 2.21. The highest BCUT2D eigenvalue weighted by molar-refractivity contribution is 9.10. The standard InChI is InChI=1S/C14H21BrFN/c1-9(2)10(3)14(17-4)7-11-5-6-12(15)8-13(11)16/h5-6,8-10,14,17H,7H2,1-4H3. The van der Waals surface area contributed by atoms with Crippen molar-refractivity contribution in [2.24, 2.45) is 11.8 Å². The summed E-state index contributed by atoms with van der Waals surface area (Å²) >= 11 is 3.28. The number of likely N-dealkylation sites (N-methyl/N-ethyl adjacent to an activating group) is 1. The second-order valence-corrected chi connectivity index (χ2v) is 5.85. The van der Waals surface area contributed by atoms with E-state index < -0.39 is 0 Å². The molecule has 0 bridgehead atoms. The molecule has 3 heteroatoms. The van der Waals surface area contributed by atoms with Crippen LogP contribution in [0, 0.1) is 17.7 Å². The number of benzene rings is 1. The fourth-order valence-corrected chi connectivity index (χ4v) is 2.27. The van der Waals surface area contributed by atoms with E-state index in [0.29, 0.717) is 17.9 Å². The van der Waals surface area contributed by atoms with Gasteiger partial charge >= 0.3 is 0 Å². The number of rotatable bonds is 5. The van der Waals surface area contributed by atoms with Gasteiger partial charge in [0.1, 0.15) is 5.82 Å². The van der Waals surface area contributed by atoms with E-state index in [-0.39, 0.29) is 5.82 Å². The second-order valence-electron chi connectivity index (χ2n) is 4.94. The lowest BCUT2D eigenvalue weighted by atomic mass is 9.86. The fraction of sp³-hybridized carbons (Fsp3) is 0.571. The summed E-state index contributed by atoms with van der Waals surface area (Å²) in [6.45, 7) is 6.61. The average Bonchev–Trinajstić information content (AvgIpc) is 2.27. The van der Waals surface area contributed by atoms with Crippen LogP contribution in [0.15, 0.2) is 22.7 Å². The summed E-state index contributed by atoms with van der Waals surface area (Å²) < 4.78 is 14.5. The van der Waals surface area contributed by atoms with Crippen LogP contribution in [0.25, 0.3) is 0 Å². The van der Waals surface area contributed by atoms with Crippen molar-refractivity contribution in [2.75, 3.05) is 7.05 Å². The zero-order valence-corrected chi connectivity index (χ0v) is 12.5. The van der Waals surface area contributed by atoms with Crippen LogP contribution in [0.3, 0.4) is 0 Å². The summed E-state index contributed by atoms with van der Waals surface area (Å²) in [5.74, 6) is 0.976. The number of hydrogen-bond donors (Lipinski definition) is 1. The normalized spacial score (nSPS) is 15.0. The summed E-state index contributed by atoms with van der Waals surface area (Å²) in [5.41, 5.74) is 0.778. The molecule has 96 valence electrons. The predicted molar refractivity (Wildman–Crippen MR) is 74.7 cm³/mol. The summed E-state index contributed by atoms with van der Waals surface area (Å²) in [7, 11) is 1.94. The Morgan fingerprint density at radius 3 is 2.41 bits per heavy atom. The van der Waals surface area contributed by atoms with Crippen LogP contribution in [0.1, 0.15) is 26.3 Å². The van der Waals surface area contributed by atoms with Crippen LogP contribution in [-0.2, 0) is 6.42 Å². The molecular weight excluding hydrogens is 281 g/mol. The molecule has 17 heavy (non-hydrogen) atoms. The van der Waals surface area contributed by atoms with Gasteiger partial charge < -0.3 is 5.32 Å². The van der Waals surface area contributed by atoms with E-state index in [4.69, 9.17) is 0 Å². The Bertz CT molecular complexity index is 365. The van der Waals surface area contributed by atoms with Gasteiger partial charge in [-0.2, -0.15) is 0 Å². The Morgan fingerprint density at radius 2 is 1.94 bits per heavy atom. The molecule has 0 saturated carbocycles. The van der Waals surface area contributed by atoms with E-state index in [1.165, 1.54) is 6.07 Å². The Kier molecular flexibility index (Phi) is 5.60. The topological polar surface area (TPSA) is 12.0 Å². The van der Waals surface area contributed by atoms with Gasteiger partial charge in [0.05, 0.1) is 0 Å². The van der Waals surface area contributed by atoms with E-state index >= 15 is 0 Å². The maximum Gasteiger partial charge on any atom is 0.127 e. The van der Waals surface area contributed by atoms with Crippen molar-refractivity contribution in [1.29, 1.82) is 0 Å². The van der Waals surface area contributed by atoms with Crippen molar-refractivity contribution in [3.63, 3.8) is 0 Å². The summed E-state index contributed by atoms with van der Waals surface area (Å²) in [6.07, 6.45) is 0.731. The van der Waals surface area contributed by atoms with Gasteiger partial charge in [-0.05, 0) is 43.0 Å². The third-order valence-electron chi connectivity index (χ3n) is 3.51. The van der Waals surface area contributed by atoms with Gasteiger partial charge in [-0.25, -0.2) is 4.39 Å². The highest BCUT2D eigenvalue weighted by atomic mass is 79.9. The minimum atomic E-state index is -0.129. The lowest BCUT2D eigenvalue weighted by molar-refractivity contribution is 0.308. The van der Waals surface area contributed by atoms with Crippen molar-refractivity contribution in [1.82, 2.24) is 5.32 Å². The molecule has 2 atom stereocenters. The quantitative estimate of drug-likeness (QED) is 0.866. The molecule has 0 aliphatic carbocycles. The summed E-state index contributed by atoms with van der Waals surface area (Å²) in [6, 6.07) is 5.59. The van der Waals surface area contributed by atoms with Crippen LogP contribution in [0.2, 0.25) is 0 Å². The molecule has 0 amide bonds. The van der Waals surface area contributed by atoms with Crippen molar-refractivity contribution >= 4 is 15.9 Å². The molecule has 0 radical (unpaired) electrons. The summed E-state index contributed by atoms with van der Waals surface area (Å²) in [5, 5.41) is 3.30. The van der Waals surface area contributed by atoms with Crippen LogP contribution in [0.4, 0.5) is 4.39 Å². The lowest BCUT2D eigenvalue weighted by Crippen LogP contribution is -2.36. The first kappa shape index (κ1) is 14.7. The molecule has 0 spiro atoms. The highest BCUT2D eigenvalue weighted by Gasteiger charge is 2.20. The molecule has 0 aromatic heterocycles. The first-order valence-electron chi connectivity index (χ1n) is 6.07. The first-order chi connectivity index (χ1) is 7.95. The zero-order valence-electron chi connectivity index (χ0n) is 10.9. The van der Waals surface area contributed by atoms with Crippen molar-refractivity contribution in [2.45, 2.75) is 33.2 Å². The van der Waals surface area contributed by atoms with E-state index in [1.807, 2.05) is 19.2 Å². The molecule has 0 aliphatic heterocycles. The van der Waals surface area contributed by atoms with Crippen LogP contribution in [-0.4, -0.2) is 13.1 Å². The van der Waals surface area contributed by atoms with Crippen LogP contribution in [0.5, 0.6) is 0 Å². The minimum absolute atomic E-state index is 0.129. The van der Waals surface area contributed by atoms with Gasteiger partial charge in [-0.3, -0.25) is 0 Å². The molecule has 1 aromatic rings. The van der Waals surface area contributed by atoms with E-state index in [9.17, 15) is 4.39 Å². The van der Waals surface area contributed by atoms with E-state index in [2.05, 4.69) is 42.0 Å². The van der Waals surface area contributed by atoms with Crippen LogP contribution < -0.4 is 5.32 Å². The average molecular weight is 302 g/mol. The SMILES string of the molecule is CNC(Cc1ccc(Br)cc1F)C(C)C(C)C. The molecule has 2 unspecified atom stereocenters. The molecule has 1 rings (SSSR count). The maximum absolute atomic E-state index is 13.8. The largest absolute Gasteiger partial charge is 0.316 e. The predicted octanol–water partition coefficient (Wildman–Crippen LogP) is 4.01. The van der Waals surface area contributed by atoms with E-state index in [0.717, 1.165) is 16.5 Å². The first-order valence-corrected chi connectivity index (χ1v) is 6.86. The van der Waals surface area contributed by atoms with Gasteiger partial charge in [-0.1, -0.05) is 42.8 Å². The second kappa shape index (κ2) is 6.50. The van der Waals surface area contributed by atoms with Crippen molar-refractivity contribution in [3.8, 4) is 0 Å². The molecule has 1 N–H and O–H groups in total. The zero-order chi connectivity index (χ0) is 13.0. The van der Waals surface area contributed by atoms with Gasteiger partial charge in [0.15, 0.2) is 0 Å². The maximum atomic E-state index is 13.8. The molecule has 1 nitrogen and oxygen atoms in total. The Hall–Kier alpha value is -0.410. The summed E-state index contributed by atoms with van der Waals surface area (Å²) in [4.78, 5) is 0. The molecular formula is C14H21BrFN. The third kappa shape index (κ3) is 4.07. The molecule has 0 saturated heterocycles. The van der Waals surface area contributed by atoms with Crippen LogP contribution >= 0.6 is 15.9 Å². The minimum Gasteiger partial charge on any atom is -0.316 e. The third-order valence-corrected chi connectivity index (χ3v) is 4.01. The fourth-order valence-electron chi connectivity index (χ4n) is 1.94. The Balaban J connectivity index is 2.80. The van der Waals surface area contributed by atoms with E-state index in [1.54, 1.807) is 0 Å².